The zero-order chi connectivity index (χ0) is 19.4. The molecule has 2 aromatic carbocycles. The van der Waals surface area contributed by atoms with E-state index in [1.807, 2.05) is 18.2 Å². The molecule has 1 aromatic heterocycles. The molecular weight excluding hydrogens is 350 g/mol. The molecule has 3 rings (SSSR count). The molecule has 0 N–H and O–H groups in total. The minimum absolute atomic E-state index is 0.0592. The largest absolute Gasteiger partial charge is 0.456 e. The lowest BCUT2D eigenvalue weighted by molar-refractivity contribution is -0.384. The fourth-order valence-electron chi connectivity index (χ4n) is 2.45. The van der Waals surface area contributed by atoms with Gasteiger partial charge in [0.15, 0.2) is 0 Å². The first kappa shape index (κ1) is 18.0. The minimum Gasteiger partial charge on any atom is -0.456 e. The number of nitro groups is 1. The summed E-state index contributed by atoms with van der Waals surface area (Å²) in [7, 11) is 0. The number of hydrogen-bond donors (Lipinski definition) is 0. The maximum atomic E-state index is 12.3. The Balaban J connectivity index is 1.80. The molecule has 3 aromatic rings. The summed E-state index contributed by atoms with van der Waals surface area (Å²) < 4.78 is 6.63. The van der Waals surface area contributed by atoms with Crippen molar-refractivity contribution in [1.82, 2.24) is 9.78 Å². The lowest BCUT2D eigenvalue weighted by Crippen LogP contribution is -2.24. The highest BCUT2D eigenvalue weighted by Crippen LogP contribution is 2.13. The first-order valence-corrected chi connectivity index (χ1v) is 8.02. The summed E-state index contributed by atoms with van der Waals surface area (Å²) in [6.45, 7) is 1.59. The molecule has 27 heavy (non-hydrogen) atoms. The standard InChI is InChI=1S/C19H15N3O5/c1-13-11-17(23)18(20-21(13)15-5-3-2-4-6-15)19(24)27-12-14-7-9-16(10-8-14)22(25)26/h2-11H,12H2,1H3. The topological polar surface area (TPSA) is 104 Å². The third-order valence-electron chi connectivity index (χ3n) is 3.82. The van der Waals surface area contributed by atoms with E-state index in [1.54, 1.807) is 19.1 Å². The lowest BCUT2D eigenvalue weighted by Gasteiger charge is -2.11. The van der Waals surface area contributed by atoms with Crippen LogP contribution in [-0.4, -0.2) is 20.7 Å². The highest BCUT2D eigenvalue weighted by molar-refractivity contribution is 5.86. The molecule has 0 aliphatic rings. The SMILES string of the molecule is Cc1cc(=O)c(C(=O)OCc2ccc([N+](=O)[O-])cc2)nn1-c1ccccc1. The molecule has 8 heteroatoms. The molecule has 0 saturated heterocycles. The van der Waals surface area contributed by atoms with Crippen molar-refractivity contribution in [2.75, 3.05) is 0 Å². The van der Waals surface area contributed by atoms with Gasteiger partial charge in [-0.1, -0.05) is 18.2 Å². The van der Waals surface area contributed by atoms with Crippen LogP contribution in [0.15, 0.2) is 65.5 Å². The zero-order valence-electron chi connectivity index (χ0n) is 14.4. The van der Waals surface area contributed by atoms with Crippen molar-refractivity contribution in [1.29, 1.82) is 0 Å². The summed E-state index contributed by atoms with van der Waals surface area (Å²) in [4.78, 5) is 34.6. The molecule has 0 amide bonds. The second-order valence-electron chi connectivity index (χ2n) is 5.75. The van der Waals surface area contributed by atoms with Gasteiger partial charge in [-0.05, 0) is 36.8 Å². The van der Waals surface area contributed by atoms with Gasteiger partial charge in [-0.25, -0.2) is 9.48 Å². The summed E-state index contributed by atoms with van der Waals surface area (Å²) in [5, 5.41) is 14.8. The van der Waals surface area contributed by atoms with Gasteiger partial charge in [0.25, 0.3) is 5.69 Å². The summed E-state index contributed by atoms with van der Waals surface area (Å²) in [6, 6.07) is 16.0. The number of carbonyl (C=O) groups excluding carboxylic acids is 1. The highest BCUT2D eigenvalue weighted by Gasteiger charge is 2.17. The van der Waals surface area contributed by atoms with Crippen LogP contribution in [0.1, 0.15) is 21.7 Å². The number of aryl methyl sites for hydroxylation is 1. The van der Waals surface area contributed by atoms with Crippen molar-refractivity contribution in [2.24, 2.45) is 0 Å². The molecule has 0 saturated carbocycles. The third kappa shape index (κ3) is 4.06. The van der Waals surface area contributed by atoms with Crippen LogP contribution in [0.4, 0.5) is 5.69 Å². The van der Waals surface area contributed by atoms with Crippen molar-refractivity contribution in [3.63, 3.8) is 0 Å². The summed E-state index contributed by atoms with van der Waals surface area (Å²) in [5.74, 6) is -0.858. The van der Waals surface area contributed by atoms with Gasteiger partial charge < -0.3 is 4.74 Å². The van der Waals surface area contributed by atoms with Crippen LogP contribution in [0.3, 0.4) is 0 Å². The number of benzene rings is 2. The minimum atomic E-state index is -0.858. The Hall–Kier alpha value is -3.81. The van der Waals surface area contributed by atoms with E-state index >= 15 is 0 Å². The number of para-hydroxylation sites is 1. The molecular formula is C19H15N3O5. The number of nitrogens with zero attached hydrogens (tertiary/aromatic N) is 3. The number of hydrogen-bond acceptors (Lipinski definition) is 6. The van der Waals surface area contributed by atoms with Crippen LogP contribution in [0.25, 0.3) is 5.69 Å². The van der Waals surface area contributed by atoms with Crippen LogP contribution in [0, 0.1) is 17.0 Å². The average Bonchev–Trinajstić information content (AvgIpc) is 2.67. The molecule has 0 spiro atoms. The first-order chi connectivity index (χ1) is 13.0. The normalized spacial score (nSPS) is 10.4. The molecule has 136 valence electrons. The van der Waals surface area contributed by atoms with Crippen molar-refractivity contribution in [2.45, 2.75) is 13.5 Å². The Morgan fingerprint density at radius 1 is 1.15 bits per heavy atom. The van der Waals surface area contributed by atoms with Crippen LogP contribution in [-0.2, 0) is 11.3 Å². The monoisotopic (exact) mass is 365 g/mol. The van der Waals surface area contributed by atoms with E-state index in [4.69, 9.17) is 4.74 Å². The fourth-order valence-corrected chi connectivity index (χ4v) is 2.45. The number of non-ortho nitro benzene ring substituents is 1. The molecule has 0 unspecified atom stereocenters. The summed E-state index contributed by atoms with van der Waals surface area (Å²) in [5.41, 5.74) is 0.928. The van der Waals surface area contributed by atoms with E-state index in [0.29, 0.717) is 16.9 Å². The van der Waals surface area contributed by atoms with Crippen molar-refractivity contribution >= 4 is 11.7 Å². The highest BCUT2D eigenvalue weighted by atomic mass is 16.6. The fraction of sp³-hybridized carbons (Fsp3) is 0.105. The number of nitro benzene ring substituents is 1. The van der Waals surface area contributed by atoms with Crippen LogP contribution < -0.4 is 5.43 Å². The van der Waals surface area contributed by atoms with Crippen molar-refractivity contribution in [3.05, 3.63) is 98.0 Å². The Bertz CT molecular complexity index is 1040. The van der Waals surface area contributed by atoms with Gasteiger partial charge in [0, 0.05) is 23.9 Å². The third-order valence-corrected chi connectivity index (χ3v) is 3.82. The van der Waals surface area contributed by atoms with Crippen LogP contribution in [0.2, 0.25) is 0 Å². The van der Waals surface area contributed by atoms with Gasteiger partial charge in [0.2, 0.25) is 11.1 Å². The van der Waals surface area contributed by atoms with E-state index in [1.165, 1.54) is 35.0 Å². The second-order valence-corrected chi connectivity index (χ2v) is 5.75. The Kier molecular flexibility index (Phi) is 5.07. The molecule has 1 heterocycles. The molecule has 0 atom stereocenters. The predicted octanol–water partition coefficient (Wildman–Crippen LogP) is 2.81. The maximum Gasteiger partial charge on any atom is 0.363 e. The van der Waals surface area contributed by atoms with E-state index in [2.05, 4.69) is 5.10 Å². The lowest BCUT2D eigenvalue weighted by atomic mass is 10.2. The van der Waals surface area contributed by atoms with Gasteiger partial charge >= 0.3 is 5.97 Å². The number of aromatic nitrogens is 2. The maximum absolute atomic E-state index is 12.3. The molecule has 8 nitrogen and oxygen atoms in total. The van der Waals surface area contributed by atoms with Gasteiger partial charge in [-0.2, -0.15) is 5.10 Å². The van der Waals surface area contributed by atoms with Gasteiger partial charge in [-0.3, -0.25) is 14.9 Å². The molecule has 0 aliphatic heterocycles. The summed E-state index contributed by atoms with van der Waals surface area (Å²) in [6.07, 6.45) is 0. The first-order valence-electron chi connectivity index (χ1n) is 8.02. The zero-order valence-corrected chi connectivity index (χ0v) is 14.4. The Morgan fingerprint density at radius 3 is 2.44 bits per heavy atom. The second kappa shape index (κ2) is 7.61. The Morgan fingerprint density at radius 2 is 1.81 bits per heavy atom. The number of carbonyl (C=O) groups is 1. The number of ether oxygens (including phenoxy) is 1. The average molecular weight is 365 g/mol. The van der Waals surface area contributed by atoms with Gasteiger partial charge in [0.05, 0.1) is 10.6 Å². The van der Waals surface area contributed by atoms with Crippen molar-refractivity contribution in [3.8, 4) is 5.69 Å². The molecule has 0 bridgehead atoms. The van der Waals surface area contributed by atoms with Crippen molar-refractivity contribution < 1.29 is 14.5 Å². The number of esters is 1. The smallest absolute Gasteiger partial charge is 0.363 e. The van der Waals surface area contributed by atoms with E-state index in [-0.39, 0.29) is 18.0 Å². The quantitative estimate of drug-likeness (QED) is 0.391. The number of rotatable bonds is 5. The van der Waals surface area contributed by atoms with Gasteiger partial charge in [0.1, 0.15) is 6.61 Å². The van der Waals surface area contributed by atoms with Crippen LogP contribution in [0.5, 0.6) is 0 Å². The van der Waals surface area contributed by atoms with E-state index in [0.717, 1.165) is 0 Å². The Labute approximate surface area is 153 Å². The molecule has 0 aliphatic carbocycles. The van der Waals surface area contributed by atoms with Crippen LogP contribution >= 0.6 is 0 Å². The molecule has 0 radical (unpaired) electrons. The van der Waals surface area contributed by atoms with Gasteiger partial charge in [-0.15, -0.1) is 0 Å². The predicted molar refractivity (Wildman–Crippen MR) is 96.8 cm³/mol. The van der Waals surface area contributed by atoms with E-state index in [9.17, 15) is 19.7 Å². The molecule has 0 fully saturated rings. The van der Waals surface area contributed by atoms with E-state index < -0.39 is 16.3 Å². The summed E-state index contributed by atoms with van der Waals surface area (Å²) >= 11 is 0.